The molecule has 0 saturated heterocycles. The third-order valence-corrected chi connectivity index (χ3v) is 6.20. The van der Waals surface area contributed by atoms with E-state index in [1.165, 1.54) is 23.9 Å². The van der Waals surface area contributed by atoms with Crippen LogP contribution < -0.4 is 14.8 Å². The Hall–Kier alpha value is -3.21. The van der Waals surface area contributed by atoms with E-state index in [0.29, 0.717) is 29.0 Å². The zero-order chi connectivity index (χ0) is 26.5. The molecular formula is C25H29F3N4O3S. The zero-order valence-electron chi connectivity index (χ0n) is 20.7. The number of halogens is 3. The number of alkyl halides is 3. The highest BCUT2D eigenvalue weighted by atomic mass is 32.2. The quantitative estimate of drug-likeness (QED) is 0.319. The Kier molecular flexibility index (Phi) is 8.89. The number of ether oxygens (including phenoxy) is 2. The molecule has 0 radical (unpaired) electrons. The van der Waals surface area contributed by atoms with E-state index in [0.717, 1.165) is 12.1 Å². The second-order valence-corrected chi connectivity index (χ2v) is 9.92. The highest BCUT2D eigenvalue weighted by Crippen LogP contribution is 2.32. The third kappa shape index (κ3) is 7.16. The van der Waals surface area contributed by atoms with Gasteiger partial charge in [0.25, 0.3) is 0 Å². The van der Waals surface area contributed by atoms with Crippen LogP contribution in [0, 0.1) is 5.92 Å². The fraction of sp³-hybridized carbons (Fsp3) is 0.400. The van der Waals surface area contributed by atoms with Gasteiger partial charge in [0.05, 0.1) is 17.9 Å². The number of aromatic nitrogens is 3. The van der Waals surface area contributed by atoms with E-state index in [2.05, 4.69) is 29.4 Å². The third-order valence-electron chi connectivity index (χ3n) is 5.12. The molecule has 0 fully saturated rings. The van der Waals surface area contributed by atoms with Crippen molar-refractivity contribution in [2.24, 2.45) is 5.92 Å². The predicted octanol–water partition coefficient (Wildman–Crippen LogP) is 6.22. The Labute approximate surface area is 212 Å². The minimum absolute atomic E-state index is 0.0759. The average molecular weight is 523 g/mol. The number of carbonyl (C=O) groups is 1. The molecule has 194 valence electrons. The largest absolute Gasteiger partial charge is 0.497 e. The summed E-state index contributed by atoms with van der Waals surface area (Å²) in [5.41, 5.74) is -0.751. The molecule has 0 aliphatic heterocycles. The van der Waals surface area contributed by atoms with Gasteiger partial charge in [-0.3, -0.25) is 4.79 Å². The molecule has 0 spiro atoms. The van der Waals surface area contributed by atoms with Gasteiger partial charge in [0.15, 0.2) is 17.1 Å². The lowest BCUT2D eigenvalue weighted by molar-refractivity contribution is -0.137. The Morgan fingerprint density at radius 2 is 1.75 bits per heavy atom. The van der Waals surface area contributed by atoms with Crippen LogP contribution in [-0.4, -0.2) is 33.0 Å². The smallest absolute Gasteiger partial charge is 0.416 e. The molecule has 1 heterocycles. The van der Waals surface area contributed by atoms with Gasteiger partial charge in [0.2, 0.25) is 5.91 Å². The summed E-state index contributed by atoms with van der Waals surface area (Å²) in [4.78, 5) is 12.7. The number of anilines is 1. The molecule has 1 N–H and O–H groups in total. The molecule has 3 rings (SSSR count). The summed E-state index contributed by atoms with van der Waals surface area (Å²) in [6.07, 6.45) is -4.93. The van der Waals surface area contributed by atoms with Crippen LogP contribution in [-0.2, 0) is 17.5 Å². The lowest BCUT2D eigenvalue weighted by Gasteiger charge is -2.19. The van der Waals surface area contributed by atoms with Crippen molar-refractivity contribution in [1.82, 2.24) is 14.8 Å². The number of nitrogens with zero attached hydrogens (tertiary/aromatic N) is 3. The van der Waals surface area contributed by atoms with E-state index >= 15 is 0 Å². The molecule has 7 nitrogen and oxygen atoms in total. The number of benzene rings is 2. The van der Waals surface area contributed by atoms with E-state index in [9.17, 15) is 18.0 Å². The van der Waals surface area contributed by atoms with Gasteiger partial charge < -0.3 is 19.4 Å². The van der Waals surface area contributed by atoms with Crippen LogP contribution in [0.15, 0.2) is 53.7 Å². The molecule has 1 amide bonds. The molecule has 2 aromatic carbocycles. The number of carbonyl (C=O) groups excluding carboxylic acids is 1. The minimum atomic E-state index is -4.49. The number of hydrogen-bond donors (Lipinski definition) is 1. The van der Waals surface area contributed by atoms with Crippen LogP contribution in [0.4, 0.5) is 18.9 Å². The summed E-state index contributed by atoms with van der Waals surface area (Å²) in [5.74, 6) is 1.70. The Morgan fingerprint density at radius 3 is 2.42 bits per heavy atom. The summed E-state index contributed by atoms with van der Waals surface area (Å²) >= 11 is 1.18. The second-order valence-electron chi connectivity index (χ2n) is 8.61. The lowest BCUT2D eigenvalue weighted by Crippen LogP contribution is -2.23. The maximum absolute atomic E-state index is 13.0. The lowest BCUT2D eigenvalue weighted by atomic mass is 10.2. The number of rotatable bonds is 10. The monoisotopic (exact) mass is 522 g/mol. The highest BCUT2D eigenvalue weighted by Gasteiger charge is 2.31. The van der Waals surface area contributed by atoms with E-state index in [4.69, 9.17) is 9.47 Å². The van der Waals surface area contributed by atoms with Gasteiger partial charge >= 0.3 is 6.18 Å². The topological polar surface area (TPSA) is 78.3 Å². The van der Waals surface area contributed by atoms with Gasteiger partial charge in [-0.25, -0.2) is 0 Å². The first-order valence-electron chi connectivity index (χ1n) is 11.4. The van der Waals surface area contributed by atoms with Gasteiger partial charge in [0.1, 0.15) is 11.5 Å². The Bertz CT molecular complexity index is 1180. The maximum atomic E-state index is 13.0. The number of amides is 1. The first-order valence-corrected chi connectivity index (χ1v) is 12.2. The number of nitrogens with one attached hydrogen (secondary N) is 1. The fourth-order valence-electron chi connectivity index (χ4n) is 3.38. The van der Waals surface area contributed by atoms with Gasteiger partial charge in [-0.15, -0.1) is 10.2 Å². The molecule has 2 atom stereocenters. The molecule has 0 aliphatic carbocycles. The van der Waals surface area contributed by atoms with Crippen molar-refractivity contribution in [1.29, 1.82) is 0 Å². The summed E-state index contributed by atoms with van der Waals surface area (Å²) in [6, 6.07) is 11.8. The predicted molar refractivity (Wildman–Crippen MR) is 132 cm³/mol. The summed E-state index contributed by atoms with van der Waals surface area (Å²) in [5, 5.41) is 11.0. The van der Waals surface area contributed by atoms with Crippen LogP contribution in [0.2, 0.25) is 0 Å². The molecule has 3 aromatic rings. The van der Waals surface area contributed by atoms with Crippen LogP contribution >= 0.6 is 11.8 Å². The molecule has 2 unspecified atom stereocenters. The zero-order valence-corrected chi connectivity index (χ0v) is 21.5. The average Bonchev–Trinajstić information content (AvgIpc) is 3.20. The first-order chi connectivity index (χ1) is 17.0. The standard InChI is InChI=1S/C25H29F3N4O3S/c1-15(2)14-32-22(16(3)35-21-11-7-10-20(13-21)34-5)30-31-24(32)36-17(4)23(33)29-19-9-6-8-18(12-19)25(26,27)28/h6-13,15-17H,14H2,1-5H3,(H,29,33). The van der Waals surface area contributed by atoms with Crippen molar-refractivity contribution in [3.63, 3.8) is 0 Å². The molecule has 36 heavy (non-hydrogen) atoms. The van der Waals surface area contributed by atoms with Crippen LogP contribution in [0.3, 0.4) is 0 Å². The Morgan fingerprint density at radius 1 is 1.06 bits per heavy atom. The molecular weight excluding hydrogens is 493 g/mol. The van der Waals surface area contributed by atoms with Gasteiger partial charge in [-0.05, 0) is 50.1 Å². The minimum Gasteiger partial charge on any atom is -0.497 e. The highest BCUT2D eigenvalue weighted by molar-refractivity contribution is 8.00. The van der Waals surface area contributed by atoms with Crippen LogP contribution in [0.1, 0.15) is 45.2 Å². The van der Waals surface area contributed by atoms with E-state index in [1.807, 2.05) is 29.7 Å². The molecule has 0 aliphatic rings. The molecule has 0 saturated carbocycles. The summed E-state index contributed by atoms with van der Waals surface area (Å²) in [7, 11) is 1.58. The van der Waals surface area contributed by atoms with E-state index in [-0.39, 0.29) is 11.6 Å². The fourth-order valence-corrected chi connectivity index (χ4v) is 4.25. The number of thioether (sulfide) groups is 1. The van der Waals surface area contributed by atoms with Crippen molar-refractivity contribution in [3.05, 3.63) is 59.9 Å². The van der Waals surface area contributed by atoms with E-state index in [1.54, 1.807) is 20.1 Å². The normalized spacial score (nSPS) is 13.4. The molecule has 11 heteroatoms. The van der Waals surface area contributed by atoms with Crippen molar-refractivity contribution < 1.29 is 27.4 Å². The van der Waals surface area contributed by atoms with Gasteiger partial charge in [0, 0.05) is 18.3 Å². The maximum Gasteiger partial charge on any atom is 0.416 e. The first kappa shape index (κ1) is 27.4. The second kappa shape index (κ2) is 11.7. The number of methoxy groups -OCH3 is 1. The van der Waals surface area contributed by atoms with Crippen molar-refractivity contribution in [2.75, 3.05) is 12.4 Å². The van der Waals surface area contributed by atoms with Gasteiger partial charge in [-0.1, -0.05) is 37.7 Å². The van der Waals surface area contributed by atoms with Crippen LogP contribution in [0.25, 0.3) is 0 Å². The van der Waals surface area contributed by atoms with Gasteiger partial charge in [-0.2, -0.15) is 13.2 Å². The van der Waals surface area contributed by atoms with Crippen molar-refractivity contribution >= 4 is 23.4 Å². The van der Waals surface area contributed by atoms with E-state index < -0.39 is 29.0 Å². The van der Waals surface area contributed by atoms with Crippen LogP contribution in [0.5, 0.6) is 11.5 Å². The SMILES string of the molecule is COc1cccc(OC(C)c2nnc(SC(C)C(=O)Nc3cccc(C(F)(F)F)c3)n2CC(C)C)c1. The Balaban J connectivity index is 1.75. The molecule has 1 aromatic heterocycles. The molecule has 0 bridgehead atoms. The van der Waals surface area contributed by atoms with Crippen molar-refractivity contribution in [3.8, 4) is 11.5 Å². The van der Waals surface area contributed by atoms with Crippen molar-refractivity contribution in [2.45, 2.75) is 56.9 Å². The summed E-state index contributed by atoms with van der Waals surface area (Å²) in [6.45, 7) is 8.22. The summed E-state index contributed by atoms with van der Waals surface area (Å²) < 4.78 is 52.2. The number of hydrogen-bond acceptors (Lipinski definition) is 6.